The minimum Gasteiger partial charge on any atom is -0.307 e. The van der Waals surface area contributed by atoms with Gasteiger partial charge in [0.15, 0.2) is 0 Å². The minimum atomic E-state index is 0.583. The molecule has 0 aliphatic carbocycles. The molecule has 0 radical (unpaired) electrons. The van der Waals surface area contributed by atoms with Gasteiger partial charge >= 0.3 is 0 Å². The number of hydrogen-bond donors (Lipinski definition) is 1. The first-order valence-corrected chi connectivity index (χ1v) is 8.96. The molecule has 1 aliphatic heterocycles. The van der Waals surface area contributed by atoms with E-state index in [0.717, 1.165) is 5.25 Å². The molecule has 2 rings (SSSR count). The van der Waals surface area contributed by atoms with Crippen molar-refractivity contribution in [2.45, 2.75) is 74.4 Å². The number of nitrogens with one attached hydrogen (secondary N) is 1. The second kappa shape index (κ2) is 6.97. The van der Waals surface area contributed by atoms with E-state index in [0.29, 0.717) is 12.1 Å². The summed E-state index contributed by atoms with van der Waals surface area (Å²) in [5.74, 6) is 0. The van der Waals surface area contributed by atoms with Crippen LogP contribution >= 0.6 is 23.1 Å². The monoisotopic (exact) mass is 283 g/mol. The van der Waals surface area contributed by atoms with Gasteiger partial charge in [0.05, 0.1) is 4.21 Å². The molecule has 0 saturated carbocycles. The predicted octanol–water partition coefficient (Wildman–Crippen LogP) is 5.23. The average molecular weight is 284 g/mol. The molecule has 102 valence electrons. The van der Waals surface area contributed by atoms with Crippen molar-refractivity contribution in [3.8, 4) is 0 Å². The molecular formula is C15H25NS2. The lowest BCUT2D eigenvalue weighted by Gasteiger charge is -2.30. The van der Waals surface area contributed by atoms with Crippen molar-refractivity contribution < 1.29 is 0 Å². The van der Waals surface area contributed by atoms with Crippen molar-refractivity contribution in [3.05, 3.63) is 17.0 Å². The molecule has 0 fully saturated rings. The molecule has 18 heavy (non-hydrogen) atoms. The summed E-state index contributed by atoms with van der Waals surface area (Å²) in [4.78, 5) is 0. The molecule has 0 amide bonds. The third kappa shape index (κ3) is 3.75. The highest BCUT2D eigenvalue weighted by Crippen LogP contribution is 2.43. The summed E-state index contributed by atoms with van der Waals surface area (Å²) in [6.07, 6.45) is 6.63. The van der Waals surface area contributed by atoms with Crippen LogP contribution in [0.1, 0.15) is 64.5 Å². The molecule has 0 saturated heterocycles. The van der Waals surface area contributed by atoms with E-state index < -0.39 is 0 Å². The zero-order valence-electron chi connectivity index (χ0n) is 11.7. The molecule has 1 N–H and O–H groups in total. The Hall–Kier alpha value is 0.0100. The van der Waals surface area contributed by atoms with Gasteiger partial charge in [0.25, 0.3) is 0 Å². The number of fused-ring (bicyclic) bond motifs is 1. The maximum absolute atomic E-state index is 3.84. The van der Waals surface area contributed by atoms with Crippen molar-refractivity contribution in [2.24, 2.45) is 0 Å². The van der Waals surface area contributed by atoms with Crippen LogP contribution in [0.2, 0.25) is 0 Å². The van der Waals surface area contributed by atoms with Crippen molar-refractivity contribution >= 4 is 23.1 Å². The molecule has 0 aromatic carbocycles. The molecule has 0 bridgehead atoms. The summed E-state index contributed by atoms with van der Waals surface area (Å²) in [5, 5.41) is 6.83. The highest BCUT2D eigenvalue weighted by atomic mass is 32.2. The van der Waals surface area contributed by atoms with E-state index in [1.807, 2.05) is 23.1 Å². The SMILES string of the molecule is CCCCCC(C)NC1C[C@H](C)Sc2sccc21. The Morgan fingerprint density at radius 2 is 2.28 bits per heavy atom. The highest BCUT2D eigenvalue weighted by Gasteiger charge is 2.26. The van der Waals surface area contributed by atoms with Gasteiger partial charge in [0, 0.05) is 17.3 Å². The Balaban J connectivity index is 1.90. The molecule has 1 aromatic heterocycles. The fraction of sp³-hybridized carbons (Fsp3) is 0.733. The molecule has 3 heteroatoms. The molecule has 2 heterocycles. The molecule has 2 unspecified atom stereocenters. The topological polar surface area (TPSA) is 12.0 Å². The van der Waals surface area contributed by atoms with Crippen LogP contribution in [0.15, 0.2) is 15.7 Å². The van der Waals surface area contributed by atoms with Gasteiger partial charge in [-0.3, -0.25) is 0 Å². The summed E-state index contributed by atoms with van der Waals surface area (Å²) < 4.78 is 1.53. The largest absolute Gasteiger partial charge is 0.307 e. The summed E-state index contributed by atoms with van der Waals surface area (Å²) in [6.45, 7) is 6.97. The van der Waals surface area contributed by atoms with E-state index in [1.54, 1.807) is 5.56 Å². The van der Waals surface area contributed by atoms with Crippen LogP contribution in [-0.4, -0.2) is 11.3 Å². The van der Waals surface area contributed by atoms with Crippen LogP contribution < -0.4 is 5.32 Å². The number of hydrogen-bond acceptors (Lipinski definition) is 3. The summed E-state index contributed by atoms with van der Waals surface area (Å²) >= 11 is 3.95. The third-order valence-electron chi connectivity index (χ3n) is 3.64. The first-order chi connectivity index (χ1) is 8.70. The second-order valence-electron chi connectivity index (χ2n) is 5.44. The van der Waals surface area contributed by atoms with E-state index in [-0.39, 0.29) is 0 Å². The van der Waals surface area contributed by atoms with Crippen molar-refractivity contribution in [1.29, 1.82) is 0 Å². The summed E-state index contributed by atoms with van der Waals surface area (Å²) in [6, 6.07) is 3.54. The normalized spacial score (nSPS) is 24.8. The van der Waals surface area contributed by atoms with Gasteiger partial charge in [-0.2, -0.15) is 0 Å². The van der Waals surface area contributed by atoms with Gasteiger partial charge < -0.3 is 5.32 Å². The molecule has 1 nitrogen and oxygen atoms in total. The fourth-order valence-corrected chi connectivity index (χ4v) is 5.20. The molecular weight excluding hydrogens is 258 g/mol. The molecule has 1 aliphatic rings. The Morgan fingerprint density at radius 3 is 3.06 bits per heavy atom. The van der Waals surface area contributed by atoms with Crippen molar-refractivity contribution in [2.75, 3.05) is 0 Å². The Bertz CT molecular complexity index is 361. The van der Waals surface area contributed by atoms with E-state index in [4.69, 9.17) is 0 Å². The quantitative estimate of drug-likeness (QED) is 0.717. The van der Waals surface area contributed by atoms with E-state index >= 15 is 0 Å². The van der Waals surface area contributed by atoms with Crippen LogP contribution in [0.5, 0.6) is 0 Å². The number of thioether (sulfide) groups is 1. The van der Waals surface area contributed by atoms with E-state index in [9.17, 15) is 0 Å². The number of unbranched alkanes of at least 4 members (excludes halogenated alkanes) is 2. The standard InChI is InChI=1S/C15H25NS2/c1-4-5-6-7-11(2)16-14-10-12(3)18-15-13(14)8-9-17-15/h8-9,11-12,14,16H,4-7,10H2,1-3H3/t11?,12-,14?/m0/s1. The van der Waals surface area contributed by atoms with Gasteiger partial charge in [-0.1, -0.05) is 33.1 Å². The average Bonchev–Trinajstić information content (AvgIpc) is 2.77. The smallest absolute Gasteiger partial charge is 0.0649 e. The first kappa shape index (κ1) is 14.4. The van der Waals surface area contributed by atoms with Gasteiger partial charge in [0.1, 0.15) is 0 Å². The van der Waals surface area contributed by atoms with E-state index in [2.05, 4.69) is 37.5 Å². The van der Waals surface area contributed by atoms with Crippen molar-refractivity contribution in [1.82, 2.24) is 5.32 Å². The molecule has 3 atom stereocenters. The minimum absolute atomic E-state index is 0.583. The van der Waals surface area contributed by atoms with Crippen LogP contribution in [-0.2, 0) is 0 Å². The van der Waals surface area contributed by atoms with Crippen LogP contribution in [0.25, 0.3) is 0 Å². The third-order valence-corrected chi connectivity index (χ3v) is 5.98. The first-order valence-electron chi connectivity index (χ1n) is 7.20. The van der Waals surface area contributed by atoms with Crippen LogP contribution in [0.3, 0.4) is 0 Å². The fourth-order valence-electron chi connectivity index (χ4n) is 2.63. The van der Waals surface area contributed by atoms with E-state index in [1.165, 1.54) is 36.3 Å². The van der Waals surface area contributed by atoms with Gasteiger partial charge in [-0.25, -0.2) is 0 Å². The predicted molar refractivity (Wildman–Crippen MR) is 83.7 cm³/mol. The lowest BCUT2D eigenvalue weighted by atomic mass is 10.0. The highest BCUT2D eigenvalue weighted by molar-refractivity contribution is 8.01. The zero-order valence-corrected chi connectivity index (χ0v) is 13.4. The summed E-state index contributed by atoms with van der Waals surface area (Å²) in [5.41, 5.74) is 1.55. The second-order valence-corrected chi connectivity index (χ2v) is 8.07. The van der Waals surface area contributed by atoms with Crippen LogP contribution in [0.4, 0.5) is 0 Å². The Kier molecular flexibility index (Phi) is 5.58. The lowest BCUT2D eigenvalue weighted by Crippen LogP contribution is -2.33. The Labute approximate surface area is 120 Å². The van der Waals surface area contributed by atoms with Gasteiger partial charge in [-0.15, -0.1) is 23.1 Å². The zero-order chi connectivity index (χ0) is 13.0. The molecule has 1 aromatic rings. The lowest BCUT2D eigenvalue weighted by molar-refractivity contribution is 0.401. The van der Waals surface area contributed by atoms with Gasteiger partial charge in [0.2, 0.25) is 0 Å². The van der Waals surface area contributed by atoms with Crippen LogP contribution in [0, 0.1) is 0 Å². The summed E-state index contributed by atoms with van der Waals surface area (Å²) in [7, 11) is 0. The number of thiophene rings is 1. The maximum atomic E-state index is 3.84. The Morgan fingerprint density at radius 1 is 1.44 bits per heavy atom. The van der Waals surface area contributed by atoms with Crippen molar-refractivity contribution in [3.63, 3.8) is 0 Å². The number of rotatable bonds is 6. The molecule has 0 spiro atoms. The maximum Gasteiger partial charge on any atom is 0.0649 e. The van der Waals surface area contributed by atoms with Gasteiger partial charge in [-0.05, 0) is 36.8 Å².